The van der Waals surface area contributed by atoms with Crippen LogP contribution in [0.5, 0.6) is 0 Å². The van der Waals surface area contributed by atoms with E-state index in [0.717, 1.165) is 11.3 Å². The summed E-state index contributed by atoms with van der Waals surface area (Å²) < 4.78 is 0. The molecule has 0 radical (unpaired) electrons. The van der Waals surface area contributed by atoms with E-state index in [1.165, 1.54) is 0 Å². The molecule has 0 saturated heterocycles. The molecule has 7 heteroatoms. The minimum absolute atomic E-state index is 0.0323. The first kappa shape index (κ1) is 11.8. The third kappa shape index (κ3) is 2.51. The van der Waals surface area contributed by atoms with Gasteiger partial charge in [0, 0.05) is 5.69 Å². The minimum atomic E-state index is -0.717. The van der Waals surface area contributed by atoms with Crippen LogP contribution in [0.15, 0.2) is 24.3 Å². The van der Waals surface area contributed by atoms with E-state index in [0.29, 0.717) is 0 Å². The molecule has 7 nitrogen and oxygen atoms in total. The molecular weight excluding hydrogens is 232 g/mol. The number of aromatic nitrogens is 3. The summed E-state index contributed by atoms with van der Waals surface area (Å²) in [6.07, 6.45) is 0. The van der Waals surface area contributed by atoms with E-state index in [4.69, 9.17) is 11.5 Å². The maximum absolute atomic E-state index is 11.2. The molecular formula is C11H12N6O. The Morgan fingerprint density at radius 3 is 2.78 bits per heavy atom. The van der Waals surface area contributed by atoms with Crippen molar-refractivity contribution in [2.24, 2.45) is 5.73 Å². The number of nitrogens with zero attached hydrogens (tertiary/aromatic N) is 3. The molecule has 0 aliphatic rings. The van der Waals surface area contributed by atoms with Gasteiger partial charge in [0.25, 0.3) is 5.91 Å². The van der Waals surface area contributed by atoms with Crippen LogP contribution in [-0.4, -0.2) is 21.1 Å². The van der Waals surface area contributed by atoms with Gasteiger partial charge in [-0.25, -0.2) is 0 Å². The highest BCUT2D eigenvalue weighted by atomic mass is 16.1. The van der Waals surface area contributed by atoms with Gasteiger partial charge in [0.15, 0.2) is 11.5 Å². The Morgan fingerprint density at radius 1 is 1.33 bits per heavy atom. The molecule has 0 saturated carbocycles. The molecule has 1 amide bonds. The van der Waals surface area contributed by atoms with Gasteiger partial charge in [-0.05, 0) is 24.6 Å². The number of carbonyl (C=O) groups excluding carboxylic acids is 1. The van der Waals surface area contributed by atoms with Crippen molar-refractivity contribution in [2.45, 2.75) is 6.92 Å². The van der Waals surface area contributed by atoms with E-state index >= 15 is 0 Å². The van der Waals surface area contributed by atoms with Crippen LogP contribution < -0.4 is 16.8 Å². The second kappa shape index (κ2) is 4.66. The zero-order valence-corrected chi connectivity index (χ0v) is 9.71. The monoisotopic (exact) mass is 244 g/mol. The molecule has 0 unspecified atom stereocenters. The number of primary amides is 1. The highest BCUT2D eigenvalue weighted by Gasteiger charge is 2.13. The summed E-state index contributed by atoms with van der Waals surface area (Å²) >= 11 is 0. The summed E-state index contributed by atoms with van der Waals surface area (Å²) in [6, 6.07) is 7.55. The maximum Gasteiger partial charge on any atom is 0.273 e. The lowest BCUT2D eigenvalue weighted by molar-refractivity contribution is 0.0995. The van der Waals surface area contributed by atoms with Crippen molar-refractivity contribution < 1.29 is 4.79 Å². The molecule has 18 heavy (non-hydrogen) atoms. The Labute approximate surface area is 103 Å². The number of aryl methyl sites for hydroxylation is 1. The molecule has 2 rings (SSSR count). The molecule has 0 aliphatic heterocycles. The molecule has 0 atom stereocenters. The first-order valence-corrected chi connectivity index (χ1v) is 5.20. The normalized spacial score (nSPS) is 10.1. The summed E-state index contributed by atoms with van der Waals surface area (Å²) in [6.45, 7) is 1.95. The summed E-state index contributed by atoms with van der Waals surface area (Å²) in [4.78, 5) is 15.1. The van der Waals surface area contributed by atoms with Crippen molar-refractivity contribution in [3.05, 3.63) is 35.5 Å². The van der Waals surface area contributed by atoms with Crippen LogP contribution in [0.2, 0.25) is 0 Å². The van der Waals surface area contributed by atoms with E-state index in [2.05, 4.69) is 20.5 Å². The van der Waals surface area contributed by atoms with Gasteiger partial charge in [-0.15, -0.1) is 10.2 Å². The van der Waals surface area contributed by atoms with Gasteiger partial charge in [0.1, 0.15) is 0 Å². The number of nitrogens with one attached hydrogen (secondary N) is 1. The smallest absolute Gasteiger partial charge is 0.273 e. The summed E-state index contributed by atoms with van der Waals surface area (Å²) in [5, 5.41) is 10.1. The van der Waals surface area contributed by atoms with Gasteiger partial charge >= 0.3 is 0 Å². The molecule has 1 aromatic heterocycles. The lowest BCUT2D eigenvalue weighted by atomic mass is 10.2. The molecule has 0 aliphatic carbocycles. The largest absolute Gasteiger partial charge is 0.366 e. The fraction of sp³-hybridized carbons (Fsp3) is 0.0909. The zero-order valence-electron chi connectivity index (χ0n) is 9.71. The molecule has 5 N–H and O–H groups in total. The van der Waals surface area contributed by atoms with Crippen LogP contribution in [-0.2, 0) is 0 Å². The quantitative estimate of drug-likeness (QED) is 0.727. The van der Waals surface area contributed by atoms with Crippen molar-refractivity contribution in [1.29, 1.82) is 0 Å². The van der Waals surface area contributed by atoms with Crippen LogP contribution in [0, 0.1) is 6.92 Å². The second-order valence-corrected chi connectivity index (χ2v) is 3.73. The van der Waals surface area contributed by atoms with E-state index < -0.39 is 5.91 Å². The van der Waals surface area contributed by atoms with Gasteiger partial charge in [-0.2, -0.15) is 4.98 Å². The molecule has 1 aromatic carbocycles. The van der Waals surface area contributed by atoms with E-state index in [1.54, 1.807) is 0 Å². The van der Waals surface area contributed by atoms with Crippen LogP contribution >= 0.6 is 0 Å². The minimum Gasteiger partial charge on any atom is -0.366 e. The Balaban J connectivity index is 2.39. The number of nitrogen functional groups attached to an aromatic ring is 1. The van der Waals surface area contributed by atoms with Crippen molar-refractivity contribution in [3.8, 4) is 0 Å². The van der Waals surface area contributed by atoms with E-state index in [1.807, 2.05) is 31.2 Å². The number of benzene rings is 1. The standard InChI is InChI=1S/C11H12N6O/c1-6-3-2-4-7(5-6)14-10-8(9(12)18)16-17-11(13)15-10/h2-5H,1H3,(H2,12,18)(H3,13,14,15,17). The number of hydrogen-bond acceptors (Lipinski definition) is 6. The second-order valence-electron chi connectivity index (χ2n) is 3.73. The van der Waals surface area contributed by atoms with Gasteiger partial charge in [0.2, 0.25) is 5.95 Å². The Bertz CT molecular complexity index is 598. The first-order valence-electron chi connectivity index (χ1n) is 5.20. The average Bonchev–Trinajstić information content (AvgIpc) is 2.28. The predicted octanol–water partition coefficient (Wildman–Crippen LogP) is 0.605. The Kier molecular flexibility index (Phi) is 3.05. The molecule has 2 aromatic rings. The lowest BCUT2D eigenvalue weighted by Gasteiger charge is -2.08. The topological polar surface area (TPSA) is 120 Å². The predicted molar refractivity (Wildman–Crippen MR) is 67.2 cm³/mol. The zero-order chi connectivity index (χ0) is 13.1. The van der Waals surface area contributed by atoms with Crippen molar-refractivity contribution >= 4 is 23.4 Å². The van der Waals surface area contributed by atoms with Crippen molar-refractivity contribution in [3.63, 3.8) is 0 Å². The highest BCUT2D eigenvalue weighted by Crippen LogP contribution is 2.18. The first-order chi connectivity index (χ1) is 8.56. The van der Waals surface area contributed by atoms with Gasteiger partial charge in [0.05, 0.1) is 0 Å². The van der Waals surface area contributed by atoms with Gasteiger partial charge in [-0.1, -0.05) is 12.1 Å². The molecule has 1 heterocycles. The average molecular weight is 244 g/mol. The van der Waals surface area contributed by atoms with Gasteiger partial charge in [-0.3, -0.25) is 4.79 Å². The fourth-order valence-corrected chi connectivity index (χ4v) is 1.45. The third-order valence-corrected chi connectivity index (χ3v) is 2.22. The number of rotatable bonds is 3. The van der Waals surface area contributed by atoms with E-state index in [9.17, 15) is 4.79 Å². The molecule has 0 fully saturated rings. The molecule has 92 valence electrons. The van der Waals surface area contributed by atoms with Crippen molar-refractivity contribution in [1.82, 2.24) is 15.2 Å². The maximum atomic E-state index is 11.2. The summed E-state index contributed by atoms with van der Waals surface area (Å²) in [5.41, 5.74) is 12.4. The van der Waals surface area contributed by atoms with Crippen LogP contribution in [0.25, 0.3) is 0 Å². The SMILES string of the molecule is Cc1cccc(Nc2nc(N)nnc2C(N)=O)c1. The number of anilines is 3. The summed E-state index contributed by atoms with van der Waals surface area (Å²) in [7, 11) is 0. The van der Waals surface area contributed by atoms with Crippen LogP contribution in [0.4, 0.5) is 17.5 Å². The molecule has 0 bridgehead atoms. The Hall–Kier alpha value is -2.70. The highest BCUT2D eigenvalue weighted by molar-refractivity contribution is 5.96. The Morgan fingerprint density at radius 2 is 2.11 bits per heavy atom. The van der Waals surface area contributed by atoms with Gasteiger partial charge < -0.3 is 16.8 Å². The number of nitrogens with two attached hydrogens (primary N) is 2. The number of hydrogen-bond donors (Lipinski definition) is 3. The molecule has 0 spiro atoms. The summed E-state index contributed by atoms with van der Waals surface area (Å²) in [5.74, 6) is -0.555. The van der Waals surface area contributed by atoms with E-state index in [-0.39, 0.29) is 17.5 Å². The fourth-order valence-electron chi connectivity index (χ4n) is 1.45. The van der Waals surface area contributed by atoms with Crippen LogP contribution in [0.1, 0.15) is 16.1 Å². The number of carbonyl (C=O) groups is 1. The van der Waals surface area contributed by atoms with Crippen LogP contribution in [0.3, 0.4) is 0 Å². The lowest BCUT2D eigenvalue weighted by Crippen LogP contribution is -2.18. The third-order valence-electron chi connectivity index (χ3n) is 2.22. The number of amides is 1. The van der Waals surface area contributed by atoms with Crippen molar-refractivity contribution in [2.75, 3.05) is 11.1 Å².